The number of Topliss-reactive ketones (excluding diaryl/α,β-unsaturated/α-hetero) is 1. The maximum absolute atomic E-state index is 12.7. The first-order valence-electron chi connectivity index (χ1n) is 7.45. The first kappa shape index (κ1) is 20.4. The minimum atomic E-state index is -4.74. The molecule has 0 amide bonds. The molecule has 0 spiro atoms. The van der Waals surface area contributed by atoms with Gasteiger partial charge in [-0.1, -0.05) is 6.07 Å². The number of nitrogens with one attached hydrogen (secondary N) is 1. The molecule has 1 aromatic carbocycles. The fraction of sp³-hybridized carbons (Fsp3) is 0.250. The van der Waals surface area contributed by atoms with Gasteiger partial charge in [-0.25, -0.2) is 4.79 Å². The van der Waals surface area contributed by atoms with Crippen molar-refractivity contribution in [3.63, 3.8) is 0 Å². The zero-order chi connectivity index (χ0) is 20.2. The van der Waals surface area contributed by atoms with Gasteiger partial charge in [0.15, 0.2) is 6.61 Å². The highest BCUT2D eigenvalue weighted by atomic mass is 32.1. The monoisotopic (exact) mass is 402 g/mol. The number of benzene rings is 1. The van der Waals surface area contributed by atoms with E-state index in [1.807, 2.05) is 0 Å². The number of carbonyl (C=O) groups is 2. The Balaban J connectivity index is 2.05. The molecule has 0 bridgehead atoms. The van der Waals surface area contributed by atoms with Gasteiger partial charge in [-0.15, -0.1) is 11.3 Å². The highest BCUT2D eigenvalue weighted by molar-refractivity contribution is 7.12. The summed E-state index contributed by atoms with van der Waals surface area (Å²) in [5.74, 6) is -1.29. The van der Waals surface area contributed by atoms with Crippen LogP contribution in [0.4, 0.5) is 24.5 Å². The van der Waals surface area contributed by atoms with Crippen LogP contribution in [0, 0.1) is 10.1 Å². The molecule has 0 saturated carbocycles. The molecule has 144 valence electrons. The van der Waals surface area contributed by atoms with E-state index in [0.717, 1.165) is 6.07 Å². The number of hydrogen-bond donors (Lipinski definition) is 1. The molecule has 0 unspecified atom stereocenters. The van der Waals surface area contributed by atoms with E-state index < -0.39 is 46.8 Å². The maximum atomic E-state index is 12.7. The molecule has 1 atom stereocenters. The average molecular weight is 402 g/mol. The zero-order valence-electron chi connectivity index (χ0n) is 13.8. The van der Waals surface area contributed by atoms with Crippen molar-refractivity contribution in [2.24, 2.45) is 0 Å². The van der Waals surface area contributed by atoms with Gasteiger partial charge in [0.1, 0.15) is 11.7 Å². The van der Waals surface area contributed by atoms with E-state index in [1.54, 1.807) is 17.5 Å². The van der Waals surface area contributed by atoms with Crippen molar-refractivity contribution < 1.29 is 32.4 Å². The molecule has 0 radical (unpaired) electrons. The van der Waals surface area contributed by atoms with Crippen LogP contribution < -0.4 is 5.32 Å². The van der Waals surface area contributed by atoms with Crippen LogP contribution in [0.15, 0.2) is 35.7 Å². The van der Waals surface area contributed by atoms with Gasteiger partial charge in [0.25, 0.3) is 5.69 Å². The van der Waals surface area contributed by atoms with E-state index in [1.165, 1.54) is 18.3 Å². The minimum Gasteiger partial charge on any atom is -0.456 e. The Hall–Kier alpha value is -2.95. The summed E-state index contributed by atoms with van der Waals surface area (Å²) in [6.45, 7) is 0.791. The third-order valence-electron chi connectivity index (χ3n) is 3.39. The highest BCUT2D eigenvalue weighted by Crippen LogP contribution is 2.35. The third-order valence-corrected chi connectivity index (χ3v) is 4.30. The highest BCUT2D eigenvalue weighted by Gasteiger charge is 2.33. The van der Waals surface area contributed by atoms with Crippen LogP contribution in [0.2, 0.25) is 0 Å². The van der Waals surface area contributed by atoms with Crippen molar-refractivity contribution in [1.29, 1.82) is 0 Å². The summed E-state index contributed by atoms with van der Waals surface area (Å²) in [5, 5.41) is 15.2. The molecule has 1 N–H and O–H groups in total. The molecule has 2 rings (SSSR count). The molecular weight excluding hydrogens is 389 g/mol. The average Bonchev–Trinajstić information content (AvgIpc) is 3.13. The Labute approximate surface area is 154 Å². The molecule has 1 heterocycles. The van der Waals surface area contributed by atoms with Gasteiger partial charge in [0, 0.05) is 6.07 Å². The predicted molar refractivity (Wildman–Crippen MR) is 90.8 cm³/mol. The second-order valence-electron chi connectivity index (χ2n) is 5.36. The normalized spacial score (nSPS) is 12.3. The van der Waals surface area contributed by atoms with Gasteiger partial charge < -0.3 is 10.1 Å². The predicted octanol–water partition coefficient (Wildman–Crippen LogP) is 3.90. The number of esters is 1. The van der Waals surface area contributed by atoms with Gasteiger partial charge in [-0.05, 0) is 30.5 Å². The lowest BCUT2D eigenvalue weighted by Gasteiger charge is -2.15. The van der Waals surface area contributed by atoms with Crippen LogP contribution in [-0.2, 0) is 15.7 Å². The summed E-state index contributed by atoms with van der Waals surface area (Å²) in [4.78, 5) is 34.2. The SMILES string of the molecule is C[C@H](Nc1ccc(C(F)(F)F)cc1[N+](=O)[O-])C(=O)OCC(=O)c1cccs1. The fourth-order valence-electron chi connectivity index (χ4n) is 2.04. The zero-order valence-corrected chi connectivity index (χ0v) is 14.6. The molecule has 1 aromatic heterocycles. The molecule has 0 aliphatic carbocycles. The second-order valence-corrected chi connectivity index (χ2v) is 6.31. The number of carbonyl (C=O) groups excluding carboxylic acids is 2. The van der Waals surface area contributed by atoms with Crippen molar-refractivity contribution in [3.05, 3.63) is 56.3 Å². The number of rotatable bonds is 7. The van der Waals surface area contributed by atoms with E-state index in [4.69, 9.17) is 4.74 Å². The molecular formula is C16H13F3N2O5S. The number of alkyl halides is 3. The molecule has 2 aromatic rings. The van der Waals surface area contributed by atoms with Gasteiger partial charge in [0.05, 0.1) is 15.4 Å². The van der Waals surface area contributed by atoms with E-state index >= 15 is 0 Å². The fourth-order valence-corrected chi connectivity index (χ4v) is 2.69. The topological polar surface area (TPSA) is 98.5 Å². The van der Waals surface area contributed by atoms with E-state index in [0.29, 0.717) is 17.0 Å². The first-order chi connectivity index (χ1) is 12.6. The summed E-state index contributed by atoms with van der Waals surface area (Å²) in [6.07, 6.45) is -4.74. The third kappa shape index (κ3) is 5.26. The van der Waals surface area contributed by atoms with Gasteiger partial charge >= 0.3 is 12.1 Å². The van der Waals surface area contributed by atoms with Crippen molar-refractivity contribution in [2.75, 3.05) is 11.9 Å². The molecule has 0 aliphatic heterocycles. The molecule has 7 nitrogen and oxygen atoms in total. The Kier molecular flexibility index (Phi) is 6.16. The number of anilines is 1. The van der Waals surface area contributed by atoms with Gasteiger partial charge in [-0.3, -0.25) is 14.9 Å². The van der Waals surface area contributed by atoms with Crippen molar-refractivity contribution in [1.82, 2.24) is 0 Å². The lowest BCUT2D eigenvalue weighted by atomic mass is 10.1. The van der Waals surface area contributed by atoms with Crippen LogP contribution in [-0.4, -0.2) is 29.3 Å². The van der Waals surface area contributed by atoms with Crippen molar-refractivity contribution in [3.8, 4) is 0 Å². The Morgan fingerprint density at radius 3 is 2.59 bits per heavy atom. The van der Waals surface area contributed by atoms with E-state index in [9.17, 15) is 32.9 Å². The van der Waals surface area contributed by atoms with Crippen LogP contribution in [0.3, 0.4) is 0 Å². The van der Waals surface area contributed by atoms with E-state index in [2.05, 4.69) is 5.32 Å². The lowest BCUT2D eigenvalue weighted by molar-refractivity contribution is -0.384. The Morgan fingerprint density at radius 1 is 1.33 bits per heavy atom. The van der Waals surface area contributed by atoms with Crippen LogP contribution in [0.25, 0.3) is 0 Å². The van der Waals surface area contributed by atoms with Crippen LogP contribution in [0.5, 0.6) is 0 Å². The minimum absolute atomic E-state index is 0.276. The number of hydrogen-bond acceptors (Lipinski definition) is 7. The number of nitro benzene ring substituents is 1. The molecule has 0 aliphatic rings. The maximum Gasteiger partial charge on any atom is 0.416 e. The summed E-state index contributed by atoms with van der Waals surface area (Å²) in [6, 6.07) is 3.99. The van der Waals surface area contributed by atoms with Crippen LogP contribution in [0.1, 0.15) is 22.2 Å². The van der Waals surface area contributed by atoms with E-state index in [-0.39, 0.29) is 5.69 Å². The largest absolute Gasteiger partial charge is 0.456 e. The number of halogens is 3. The van der Waals surface area contributed by atoms with Crippen molar-refractivity contribution in [2.45, 2.75) is 19.1 Å². The van der Waals surface area contributed by atoms with Crippen LogP contribution >= 0.6 is 11.3 Å². The number of nitrogens with zero attached hydrogens (tertiary/aromatic N) is 1. The number of ketones is 1. The van der Waals surface area contributed by atoms with Crippen molar-refractivity contribution >= 4 is 34.5 Å². The first-order valence-corrected chi connectivity index (χ1v) is 8.33. The number of ether oxygens (including phenoxy) is 1. The number of thiophene rings is 1. The number of nitro groups is 1. The molecule has 0 saturated heterocycles. The van der Waals surface area contributed by atoms with Gasteiger partial charge in [-0.2, -0.15) is 13.2 Å². The Bertz CT molecular complexity index is 852. The summed E-state index contributed by atoms with van der Waals surface area (Å²) in [7, 11) is 0. The summed E-state index contributed by atoms with van der Waals surface area (Å²) < 4.78 is 42.9. The summed E-state index contributed by atoms with van der Waals surface area (Å²) >= 11 is 1.18. The molecule has 11 heteroatoms. The molecule has 27 heavy (non-hydrogen) atoms. The summed E-state index contributed by atoms with van der Waals surface area (Å²) in [5.41, 5.74) is -2.29. The lowest BCUT2D eigenvalue weighted by Crippen LogP contribution is -2.30. The quantitative estimate of drug-likeness (QED) is 0.326. The second kappa shape index (κ2) is 8.16. The Morgan fingerprint density at radius 2 is 2.04 bits per heavy atom. The standard InChI is InChI=1S/C16H13F3N2O5S/c1-9(15(23)26-8-13(22)14-3-2-6-27-14)20-11-5-4-10(16(17,18)19)7-12(11)21(24)25/h2-7,9,20H,8H2,1H3/t9-/m0/s1. The smallest absolute Gasteiger partial charge is 0.416 e. The van der Waals surface area contributed by atoms with Gasteiger partial charge in [0.2, 0.25) is 5.78 Å². The molecule has 0 fully saturated rings.